The van der Waals surface area contributed by atoms with Crippen molar-refractivity contribution in [2.75, 3.05) is 0 Å². The highest BCUT2D eigenvalue weighted by Gasteiger charge is 2.18. The largest absolute Gasteiger partial charge is 0.308 e. The van der Waals surface area contributed by atoms with Crippen molar-refractivity contribution in [3.05, 3.63) is 106 Å². The van der Waals surface area contributed by atoms with Crippen LogP contribution in [0.3, 0.4) is 0 Å². The fourth-order valence-electron chi connectivity index (χ4n) is 3.91. The second kappa shape index (κ2) is 6.76. The van der Waals surface area contributed by atoms with Crippen LogP contribution in [0.15, 0.2) is 91.0 Å². The normalized spacial score (nSPS) is 11.2. The number of nitro benzene ring substituents is 1. The fraction of sp³-hybridized carbons (Fsp3) is 0. The number of halogens is 1. The molecule has 4 aromatic carbocycles. The average molecular weight is 399 g/mol. The Morgan fingerprint density at radius 2 is 1.45 bits per heavy atom. The number of hydrogen-bond acceptors (Lipinski definition) is 2. The molecule has 0 spiro atoms. The molecule has 0 radical (unpaired) electrons. The van der Waals surface area contributed by atoms with Crippen LogP contribution in [0.25, 0.3) is 38.6 Å². The second-order valence-electron chi connectivity index (χ2n) is 6.81. The summed E-state index contributed by atoms with van der Waals surface area (Å²) in [4.78, 5) is 11.1. The van der Waals surface area contributed by atoms with Crippen LogP contribution in [0.5, 0.6) is 0 Å². The molecule has 5 rings (SSSR count). The summed E-state index contributed by atoms with van der Waals surface area (Å²) in [6.45, 7) is 0. The zero-order valence-electron chi connectivity index (χ0n) is 15.2. The van der Waals surface area contributed by atoms with Crippen molar-refractivity contribution in [3.63, 3.8) is 0 Å². The van der Waals surface area contributed by atoms with Crippen molar-refractivity contribution in [1.82, 2.24) is 4.57 Å². The average Bonchev–Trinajstić information content (AvgIpc) is 3.08. The first-order chi connectivity index (χ1) is 14.1. The zero-order valence-corrected chi connectivity index (χ0v) is 16.0. The maximum atomic E-state index is 11.5. The van der Waals surface area contributed by atoms with Gasteiger partial charge in [0.15, 0.2) is 0 Å². The molecular weight excluding hydrogens is 384 g/mol. The van der Waals surface area contributed by atoms with Crippen molar-refractivity contribution >= 4 is 39.1 Å². The van der Waals surface area contributed by atoms with Crippen LogP contribution >= 0.6 is 11.6 Å². The number of rotatable bonds is 3. The summed E-state index contributed by atoms with van der Waals surface area (Å²) in [6, 6.07) is 28.6. The molecule has 0 saturated carbocycles. The molecule has 0 saturated heterocycles. The first kappa shape index (κ1) is 17.5. The van der Waals surface area contributed by atoms with Crippen molar-refractivity contribution < 1.29 is 4.92 Å². The third-order valence-electron chi connectivity index (χ3n) is 5.18. The molecule has 0 aliphatic heterocycles. The highest BCUT2D eigenvalue weighted by atomic mass is 35.5. The number of aromatic nitrogens is 1. The van der Waals surface area contributed by atoms with E-state index in [4.69, 9.17) is 11.6 Å². The van der Waals surface area contributed by atoms with Crippen molar-refractivity contribution in [2.45, 2.75) is 0 Å². The molecule has 0 unspecified atom stereocenters. The lowest BCUT2D eigenvalue weighted by atomic mass is 10.0. The summed E-state index contributed by atoms with van der Waals surface area (Å²) in [6.07, 6.45) is 0. The Bertz CT molecular complexity index is 1400. The van der Waals surface area contributed by atoms with E-state index in [1.165, 1.54) is 6.07 Å². The lowest BCUT2D eigenvalue weighted by molar-refractivity contribution is -0.384. The van der Waals surface area contributed by atoms with Gasteiger partial charge in [0.2, 0.25) is 0 Å². The predicted molar refractivity (Wildman–Crippen MR) is 118 cm³/mol. The molecule has 1 heterocycles. The molecular formula is C24H15ClN2O2. The molecule has 140 valence electrons. The van der Waals surface area contributed by atoms with Gasteiger partial charge in [-0.05, 0) is 42.0 Å². The molecule has 0 N–H and O–H groups in total. The van der Waals surface area contributed by atoms with E-state index < -0.39 is 0 Å². The van der Waals surface area contributed by atoms with Gasteiger partial charge < -0.3 is 4.57 Å². The van der Waals surface area contributed by atoms with Gasteiger partial charge in [0.05, 0.1) is 32.2 Å². The third kappa shape index (κ3) is 2.77. The van der Waals surface area contributed by atoms with Crippen molar-refractivity contribution in [2.24, 2.45) is 0 Å². The molecule has 5 aromatic rings. The second-order valence-corrected chi connectivity index (χ2v) is 7.22. The molecule has 29 heavy (non-hydrogen) atoms. The Morgan fingerprint density at radius 3 is 2.28 bits per heavy atom. The van der Waals surface area contributed by atoms with E-state index in [1.54, 1.807) is 12.1 Å². The van der Waals surface area contributed by atoms with Gasteiger partial charge in [-0.25, -0.2) is 0 Å². The van der Waals surface area contributed by atoms with Crippen LogP contribution in [-0.2, 0) is 0 Å². The molecule has 4 nitrogen and oxygen atoms in total. The van der Waals surface area contributed by atoms with Gasteiger partial charge in [-0.3, -0.25) is 10.1 Å². The molecule has 0 amide bonds. The Balaban J connectivity index is 1.85. The molecule has 0 aliphatic carbocycles. The smallest absolute Gasteiger partial charge is 0.277 e. The summed E-state index contributed by atoms with van der Waals surface area (Å²) < 4.78 is 2.14. The lowest BCUT2D eigenvalue weighted by Gasteiger charge is -2.10. The van der Waals surface area contributed by atoms with Crippen LogP contribution in [0.2, 0.25) is 5.02 Å². The van der Waals surface area contributed by atoms with Gasteiger partial charge in [0.25, 0.3) is 5.69 Å². The van der Waals surface area contributed by atoms with Gasteiger partial charge in [-0.2, -0.15) is 0 Å². The molecule has 5 heteroatoms. The topological polar surface area (TPSA) is 48.1 Å². The summed E-state index contributed by atoms with van der Waals surface area (Å²) in [7, 11) is 0. The predicted octanol–water partition coefficient (Wildman–Crippen LogP) is 7.01. The third-order valence-corrected chi connectivity index (χ3v) is 5.50. The van der Waals surface area contributed by atoms with E-state index in [-0.39, 0.29) is 10.6 Å². The van der Waals surface area contributed by atoms with Crippen LogP contribution < -0.4 is 0 Å². The number of fused-ring (bicyclic) bond motifs is 3. The first-order valence-corrected chi connectivity index (χ1v) is 9.55. The van der Waals surface area contributed by atoms with Crippen LogP contribution in [0.4, 0.5) is 5.69 Å². The maximum Gasteiger partial charge on any atom is 0.277 e. The number of nitrogens with zero attached hydrogens (tertiary/aromatic N) is 2. The van der Waals surface area contributed by atoms with E-state index in [1.807, 2.05) is 60.7 Å². The summed E-state index contributed by atoms with van der Waals surface area (Å²) in [5.74, 6) is 0. The highest BCUT2D eigenvalue weighted by Crippen LogP contribution is 2.38. The quantitative estimate of drug-likeness (QED) is 0.242. The minimum absolute atomic E-state index is 0.0988. The molecule has 0 atom stereocenters. The zero-order chi connectivity index (χ0) is 20.0. The minimum atomic E-state index is -0.341. The fourth-order valence-corrected chi connectivity index (χ4v) is 4.13. The van der Waals surface area contributed by atoms with E-state index in [0.29, 0.717) is 10.6 Å². The number of benzene rings is 4. The summed E-state index contributed by atoms with van der Waals surface area (Å²) in [5.41, 5.74) is 4.46. The van der Waals surface area contributed by atoms with E-state index in [0.717, 1.165) is 33.1 Å². The van der Waals surface area contributed by atoms with Crippen LogP contribution in [0.1, 0.15) is 0 Å². The van der Waals surface area contributed by atoms with E-state index in [2.05, 4.69) is 16.7 Å². The Kier molecular flexibility index (Phi) is 4.07. The van der Waals surface area contributed by atoms with Gasteiger partial charge in [-0.1, -0.05) is 60.1 Å². The highest BCUT2D eigenvalue weighted by molar-refractivity contribution is 6.32. The van der Waals surface area contributed by atoms with Gasteiger partial charge >= 0.3 is 0 Å². The summed E-state index contributed by atoms with van der Waals surface area (Å²) in [5, 5.41) is 14.2. The minimum Gasteiger partial charge on any atom is -0.308 e. The first-order valence-electron chi connectivity index (χ1n) is 9.17. The number of hydrogen-bond donors (Lipinski definition) is 0. The standard InChI is InChI=1S/C24H15ClN2O2/c25-20-9-3-6-12-24(20)26-21-10-4-2-8-18(21)19-15-16(13-14-22(19)26)17-7-1-5-11-23(17)27(28)29/h1-15H. The summed E-state index contributed by atoms with van der Waals surface area (Å²) >= 11 is 6.50. The Hall–Kier alpha value is -3.63. The van der Waals surface area contributed by atoms with Gasteiger partial charge in [0, 0.05) is 16.8 Å². The Labute approximate surface area is 171 Å². The molecule has 1 aromatic heterocycles. The van der Waals surface area contributed by atoms with Crippen LogP contribution in [-0.4, -0.2) is 9.49 Å². The SMILES string of the molecule is O=[N+]([O-])c1ccccc1-c1ccc2c(c1)c1ccccc1n2-c1ccccc1Cl. The molecule has 0 aliphatic rings. The number of nitro groups is 1. The lowest BCUT2D eigenvalue weighted by Crippen LogP contribution is -1.95. The molecule has 0 fully saturated rings. The van der Waals surface area contributed by atoms with Crippen LogP contribution in [0, 0.1) is 10.1 Å². The van der Waals surface area contributed by atoms with Gasteiger partial charge in [-0.15, -0.1) is 0 Å². The van der Waals surface area contributed by atoms with Crippen molar-refractivity contribution in [3.8, 4) is 16.8 Å². The van der Waals surface area contributed by atoms with Crippen molar-refractivity contribution in [1.29, 1.82) is 0 Å². The Morgan fingerprint density at radius 1 is 0.759 bits per heavy atom. The van der Waals surface area contributed by atoms with E-state index in [9.17, 15) is 10.1 Å². The maximum absolute atomic E-state index is 11.5. The molecule has 0 bridgehead atoms. The van der Waals surface area contributed by atoms with Gasteiger partial charge in [0.1, 0.15) is 0 Å². The van der Waals surface area contributed by atoms with E-state index >= 15 is 0 Å². The number of para-hydroxylation sites is 3. The monoisotopic (exact) mass is 398 g/mol.